The Kier molecular flexibility index (Phi) is 8.36. The number of carbonyl (C=O) groups excluding carboxylic acids is 1. The average Bonchev–Trinajstić information content (AvgIpc) is 3.57. The van der Waals surface area contributed by atoms with Crippen LogP contribution in [0.25, 0.3) is 5.95 Å². The van der Waals surface area contributed by atoms with Crippen LogP contribution in [0.3, 0.4) is 0 Å². The first-order chi connectivity index (χ1) is 21.0. The highest BCUT2D eigenvalue weighted by molar-refractivity contribution is 5.77. The summed E-state index contributed by atoms with van der Waals surface area (Å²) < 4.78 is 32.6. The van der Waals surface area contributed by atoms with Crippen molar-refractivity contribution in [3.63, 3.8) is 0 Å². The van der Waals surface area contributed by atoms with Gasteiger partial charge in [-0.05, 0) is 48.4 Å². The van der Waals surface area contributed by atoms with Crippen LogP contribution in [0.1, 0.15) is 30.5 Å². The molecule has 0 radical (unpaired) electrons. The Labute approximate surface area is 249 Å². The number of benzene rings is 2. The fourth-order valence-corrected chi connectivity index (χ4v) is 5.53. The van der Waals surface area contributed by atoms with Crippen LogP contribution in [-0.4, -0.2) is 76.3 Å². The molecule has 1 amide bonds. The fraction of sp³-hybridized carbons (Fsp3) is 0.355. The van der Waals surface area contributed by atoms with Gasteiger partial charge in [-0.3, -0.25) is 14.3 Å². The number of hydrogen-bond donors (Lipinski definition) is 1. The van der Waals surface area contributed by atoms with Crippen molar-refractivity contribution in [1.29, 1.82) is 0 Å². The first-order valence-electron chi connectivity index (χ1n) is 14.3. The van der Waals surface area contributed by atoms with E-state index in [9.17, 15) is 9.18 Å². The third-order valence-electron chi connectivity index (χ3n) is 7.71. The first-order valence-corrected chi connectivity index (χ1v) is 14.3. The molecule has 0 bridgehead atoms. The van der Waals surface area contributed by atoms with Gasteiger partial charge in [0.15, 0.2) is 23.1 Å². The molecule has 43 heavy (non-hydrogen) atoms. The molecule has 2 aliphatic rings. The number of methoxy groups -OCH3 is 1. The number of halogens is 1. The summed E-state index contributed by atoms with van der Waals surface area (Å²) in [5.74, 6) is 2.37. The van der Waals surface area contributed by atoms with Crippen LogP contribution >= 0.6 is 0 Å². The van der Waals surface area contributed by atoms with Crippen molar-refractivity contribution >= 4 is 11.7 Å². The molecule has 2 aliphatic heterocycles. The van der Waals surface area contributed by atoms with Crippen molar-refractivity contribution in [2.75, 3.05) is 44.9 Å². The SMILES string of the molecule is COc1ccc(CN2CCN(c3ccnc(-n4ccnc4)n3)C(CC(=O)NC(C)c3ccc4c(c3)OCCO4)C2)cc1F. The van der Waals surface area contributed by atoms with Crippen molar-refractivity contribution in [2.45, 2.75) is 32.0 Å². The fourth-order valence-electron chi connectivity index (χ4n) is 5.53. The normalized spacial score (nSPS) is 17.4. The maximum absolute atomic E-state index is 14.4. The molecule has 2 aromatic heterocycles. The van der Waals surface area contributed by atoms with Gasteiger partial charge in [0.25, 0.3) is 0 Å². The zero-order valence-corrected chi connectivity index (χ0v) is 24.1. The molecule has 0 saturated carbocycles. The third kappa shape index (κ3) is 6.54. The summed E-state index contributed by atoms with van der Waals surface area (Å²) in [6, 6.07) is 12.2. The van der Waals surface area contributed by atoms with Gasteiger partial charge in [0.2, 0.25) is 11.9 Å². The van der Waals surface area contributed by atoms with Gasteiger partial charge in [-0.15, -0.1) is 0 Å². The molecule has 12 heteroatoms. The Bertz CT molecular complexity index is 1570. The van der Waals surface area contributed by atoms with Crippen molar-refractivity contribution in [2.24, 2.45) is 0 Å². The molecule has 2 atom stereocenters. The third-order valence-corrected chi connectivity index (χ3v) is 7.71. The summed E-state index contributed by atoms with van der Waals surface area (Å²) in [6.45, 7) is 5.46. The van der Waals surface area contributed by atoms with E-state index in [-0.39, 0.29) is 30.2 Å². The molecule has 224 valence electrons. The molecule has 11 nitrogen and oxygen atoms in total. The van der Waals surface area contributed by atoms with E-state index in [1.54, 1.807) is 35.6 Å². The molecule has 2 unspecified atom stereocenters. The number of carbonyl (C=O) groups is 1. The van der Waals surface area contributed by atoms with Gasteiger partial charge in [0, 0.05) is 51.2 Å². The molecule has 1 N–H and O–H groups in total. The second-order valence-electron chi connectivity index (χ2n) is 10.6. The van der Waals surface area contributed by atoms with E-state index < -0.39 is 5.82 Å². The Morgan fingerprint density at radius 1 is 1.12 bits per heavy atom. The lowest BCUT2D eigenvalue weighted by Gasteiger charge is -2.42. The van der Waals surface area contributed by atoms with E-state index in [0.29, 0.717) is 56.8 Å². The molecule has 0 aliphatic carbocycles. The second kappa shape index (κ2) is 12.7. The molecule has 1 fully saturated rings. The minimum atomic E-state index is -0.393. The largest absolute Gasteiger partial charge is 0.494 e. The van der Waals surface area contributed by atoms with Crippen molar-refractivity contribution < 1.29 is 23.4 Å². The summed E-state index contributed by atoms with van der Waals surface area (Å²) in [4.78, 5) is 31.1. The number of nitrogens with zero attached hydrogens (tertiary/aromatic N) is 6. The van der Waals surface area contributed by atoms with Crippen LogP contribution in [0.15, 0.2) is 67.4 Å². The Morgan fingerprint density at radius 3 is 2.77 bits per heavy atom. The minimum absolute atomic E-state index is 0.0846. The van der Waals surface area contributed by atoms with Gasteiger partial charge in [-0.2, -0.15) is 4.98 Å². The molecule has 0 spiro atoms. The number of nitrogens with one attached hydrogen (secondary N) is 1. The van der Waals surface area contributed by atoms with Crippen LogP contribution in [0.2, 0.25) is 0 Å². The highest BCUT2D eigenvalue weighted by Crippen LogP contribution is 2.33. The van der Waals surface area contributed by atoms with E-state index in [1.807, 2.05) is 37.3 Å². The number of fused-ring (bicyclic) bond motifs is 1. The molecular formula is C31H34FN7O4. The second-order valence-corrected chi connectivity index (χ2v) is 10.6. The molecule has 6 rings (SSSR count). The van der Waals surface area contributed by atoms with Crippen molar-refractivity contribution in [1.82, 2.24) is 29.7 Å². The van der Waals surface area contributed by atoms with Crippen molar-refractivity contribution in [3.8, 4) is 23.2 Å². The van der Waals surface area contributed by atoms with E-state index in [1.165, 1.54) is 13.2 Å². The Morgan fingerprint density at radius 2 is 1.98 bits per heavy atom. The van der Waals surface area contributed by atoms with Crippen LogP contribution in [0.5, 0.6) is 17.2 Å². The van der Waals surface area contributed by atoms with Gasteiger partial charge >= 0.3 is 0 Å². The smallest absolute Gasteiger partial charge is 0.236 e. The highest BCUT2D eigenvalue weighted by atomic mass is 19.1. The van der Waals surface area contributed by atoms with Gasteiger partial charge < -0.3 is 24.4 Å². The minimum Gasteiger partial charge on any atom is -0.494 e. The zero-order valence-electron chi connectivity index (χ0n) is 24.1. The number of imidazole rings is 1. The summed E-state index contributed by atoms with van der Waals surface area (Å²) in [6.07, 6.45) is 7.06. The van der Waals surface area contributed by atoms with Crippen molar-refractivity contribution in [3.05, 3.63) is 84.3 Å². The number of aromatic nitrogens is 4. The standard InChI is InChI=1S/C31H34FN7O4/c1-21(23-4-6-27-28(16-23)43-14-13-42-27)35-30(40)17-24-19-37(18-22-3-5-26(41-2)25(32)15-22)11-12-39(24)29-7-8-34-31(36-29)38-10-9-33-20-38/h3-10,15-16,20-21,24H,11-14,17-19H2,1-2H3,(H,35,40). The number of ether oxygens (including phenoxy) is 3. The summed E-state index contributed by atoms with van der Waals surface area (Å²) in [5, 5.41) is 3.15. The van der Waals surface area contributed by atoms with Crippen LogP contribution in [0, 0.1) is 5.82 Å². The number of rotatable bonds is 9. The van der Waals surface area contributed by atoms with Gasteiger partial charge in [-0.25, -0.2) is 14.4 Å². The number of hydrogen-bond acceptors (Lipinski definition) is 9. The van der Waals surface area contributed by atoms with Gasteiger partial charge in [0.1, 0.15) is 25.4 Å². The monoisotopic (exact) mass is 587 g/mol. The Hall–Kier alpha value is -4.71. The average molecular weight is 588 g/mol. The van der Waals surface area contributed by atoms with Crippen LogP contribution in [-0.2, 0) is 11.3 Å². The summed E-state index contributed by atoms with van der Waals surface area (Å²) in [7, 11) is 1.45. The highest BCUT2D eigenvalue weighted by Gasteiger charge is 2.31. The number of piperazine rings is 1. The lowest BCUT2D eigenvalue weighted by molar-refractivity contribution is -0.122. The topological polar surface area (TPSA) is 107 Å². The maximum atomic E-state index is 14.4. The van der Waals surface area contributed by atoms with Gasteiger partial charge in [0.05, 0.1) is 19.2 Å². The van der Waals surface area contributed by atoms with Crippen LogP contribution < -0.4 is 24.4 Å². The van der Waals surface area contributed by atoms with E-state index in [2.05, 4.69) is 25.1 Å². The molecule has 1 saturated heterocycles. The van der Waals surface area contributed by atoms with E-state index in [0.717, 1.165) is 16.9 Å². The maximum Gasteiger partial charge on any atom is 0.236 e. The molecule has 4 heterocycles. The quantitative estimate of drug-likeness (QED) is 0.315. The zero-order chi connectivity index (χ0) is 29.8. The molecular weight excluding hydrogens is 553 g/mol. The molecule has 4 aromatic rings. The summed E-state index contributed by atoms with van der Waals surface area (Å²) in [5.41, 5.74) is 1.77. The predicted molar refractivity (Wildman–Crippen MR) is 157 cm³/mol. The van der Waals surface area contributed by atoms with E-state index in [4.69, 9.17) is 19.2 Å². The van der Waals surface area contributed by atoms with Crippen LogP contribution in [0.4, 0.5) is 10.2 Å². The van der Waals surface area contributed by atoms with Gasteiger partial charge in [-0.1, -0.05) is 12.1 Å². The Balaban J connectivity index is 1.19. The number of anilines is 1. The predicted octanol–water partition coefficient (Wildman–Crippen LogP) is 3.54. The van der Waals surface area contributed by atoms with E-state index >= 15 is 0 Å². The molecule has 2 aromatic carbocycles. The lowest BCUT2D eigenvalue weighted by atomic mass is 10.0. The number of amides is 1. The lowest BCUT2D eigenvalue weighted by Crippen LogP contribution is -2.54. The summed E-state index contributed by atoms with van der Waals surface area (Å²) >= 11 is 0. The first kappa shape index (κ1) is 28.4.